The van der Waals surface area contributed by atoms with Gasteiger partial charge in [-0.25, -0.2) is 4.98 Å². The van der Waals surface area contributed by atoms with E-state index in [2.05, 4.69) is 18.0 Å². The predicted molar refractivity (Wildman–Crippen MR) is 74.3 cm³/mol. The van der Waals surface area contributed by atoms with Crippen molar-refractivity contribution >= 4 is 0 Å². The lowest BCUT2D eigenvalue weighted by Gasteiger charge is -2.10. The van der Waals surface area contributed by atoms with Crippen LogP contribution in [0.4, 0.5) is 0 Å². The van der Waals surface area contributed by atoms with Gasteiger partial charge in [-0.3, -0.25) is 0 Å². The number of rotatable bonds is 3. The summed E-state index contributed by atoms with van der Waals surface area (Å²) < 4.78 is 5.77. The van der Waals surface area contributed by atoms with E-state index in [9.17, 15) is 5.26 Å². The Bertz CT molecular complexity index is 642. The quantitative estimate of drug-likeness (QED) is 0.831. The number of nitriles is 1. The SMILES string of the molecule is CCc1cccc(Oc2nc(C)cc(C)c2C#N)c1. The molecule has 1 heterocycles. The van der Waals surface area contributed by atoms with Crippen LogP contribution in [0.15, 0.2) is 30.3 Å². The van der Waals surface area contributed by atoms with Gasteiger partial charge in [0.1, 0.15) is 17.4 Å². The van der Waals surface area contributed by atoms with Gasteiger partial charge in [0.05, 0.1) is 0 Å². The van der Waals surface area contributed by atoms with E-state index < -0.39 is 0 Å². The maximum atomic E-state index is 9.20. The second kappa shape index (κ2) is 5.53. The van der Waals surface area contributed by atoms with E-state index in [0.717, 1.165) is 17.7 Å². The lowest BCUT2D eigenvalue weighted by molar-refractivity contribution is 0.459. The third-order valence-corrected chi connectivity index (χ3v) is 2.94. The van der Waals surface area contributed by atoms with Crippen LogP contribution in [0.3, 0.4) is 0 Å². The van der Waals surface area contributed by atoms with Crippen LogP contribution in [0.25, 0.3) is 0 Å². The average molecular weight is 252 g/mol. The Morgan fingerprint density at radius 2 is 2.05 bits per heavy atom. The van der Waals surface area contributed by atoms with E-state index in [0.29, 0.717) is 17.2 Å². The minimum Gasteiger partial charge on any atom is -0.438 e. The van der Waals surface area contributed by atoms with Crippen molar-refractivity contribution in [3.05, 3.63) is 52.7 Å². The van der Waals surface area contributed by atoms with Gasteiger partial charge >= 0.3 is 0 Å². The van der Waals surface area contributed by atoms with Crippen molar-refractivity contribution in [3.8, 4) is 17.7 Å². The molecule has 0 spiro atoms. The van der Waals surface area contributed by atoms with Gasteiger partial charge in [0.2, 0.25) is 5.88 Å². The van der Waals surface area contributed by atoms with Crippen LogP contribution in [0.5, 0.6) is 11.6 Å². The van der Waals surface area contributed by atoms with Gasteiger partial charge in [-0.15, -0.1) is 0 Å². The molecule has 2 aromatic rings. The number of nitrogens with zero attached hydrogens (tertiary/aromatic N) is 2. The zero-order chi connectivity index (χ0) is 13.8. The zero-order valence-electron chi connectivity index (χ0n) is 11.4. The highest BCUT2D eigenvalue weighted by Gasteiger charge is 2.10. The van der Waals surface area contributed by atoms with Crippen molar-refractivity contribution in [2.45, 2.75) is 27.2 Å². The summed E-state index contributed by atoms with van der Waals surface area (Å²) in [6.45, 7) is 5.88. The van der Waals surface area contributed by atoms with Crippen molar-refractivity contribution in [2.24, 2.45) is 0 Å². The third kappa shape index (κ3) is 2.92. The van der Waals surface area contributed by atoms with Crippen molar-refractivity contribution in [3.63, 3.8) is 0 Å². The number of hydrogen-bond acceptors (Lipinski definition) is 3. The second-order valence-corrected chi connectivity index (χ2v) is 4.48. The topological polar surface area (TPSA) is 45.9 Å². The van der Waals surface area contributed by atoms with E-state index in [1.165, 1.54) is 5.56 Å². The van der Waals surface area contributed by atoms with Crippen molar-refractivity contribution in [2.75, 3.05) is 0 Å². The molecule has 3 nitrogen and oxygen atoms in total. The Morgan fingerprint density at radius 1 is 1.26 bits per heavy atom. The lowest BCUT2D eigenvalue weighted by atomic mass is 10.1. The number of hydrogen-bond donors (Lipinski definition) is 0. The molecule has 0 aliphatic heterocycles. The molecule has 0 amide bonds. The van der Waals surface area contributed by atoms with Gasteiger partial charge in [-0.05, 0) is 49.6 Å². The maximum absolute atomic E-state index is 9.20. The Morgan fingerprint density at radius 3 is 2.74 bits per heavy atom. The van der Waals surface area contributed by atoms with Crippen LogP contribution in [-0.2, 0) is 6.42 Å². The summed E-state index contributed by atoms with van der Waals surface area (Å²) in [6.07, 6.45) is 0.947. The molecule has 0 N–H and O–H groups in total. The number of benzene rings is 1. The molecule has 0 saturated carbocycles. The molecular weight excluding hydrogens is 236 g/mol. The third-order valence-electron chi connectivity index (χ3n) is 2.94. The molecule has 0 radical (unpaired) electrons. The fourth-order valence-corrected chi connectivity index (χ4v) is 1.95. The van der Waals surface area contributed by atoms with Crippen LogP contribution in [0.1, 0.15) is 29.3 Å². The zero-order valence-corrected chi connectivity index (χ0v) is 11.4. The summed E-state index contributed by atoms with van der Waals surface area (Å²) in [7, 11) is 0. The number of aromatic nitrogens is 1. The normalized spacial score (nSPS) is 10.0. The minimum absolute atomic E-state index is 0.383. The van der Waals surface area contributed by atoms with Gasteiger partial charge in [0.15, 0.2) is 0 Å². The molecule has 19 heavy (non-hydrogen) atoms. The molecule has 0 aliphatic rings. The van der Waals surface area contributed by atoms with Gasteiger partial charge in [0.25, 0.3) is 0 Å². The summed E-state index contributed by atoms with van der Waals surface area (Å²) in [5, 5.41) is 9.20. The molecular formula is C16H16N2O. The van der Waals surface area contributed by atoms with Crippen LogP contribution < -0.4 is 4.74 Å². The van der Waals surface area contributed by atoms with E-state index in [-0.39, 0.29) is 0 Å². The molecule has 0 bridgehead atoms. The molecule has 1 aromatic carbocycles. The Labute approximate surface area is 113 Å². The standard InChI is InChI=1S/C16H16N2O/c1-4-13-6-5-7-14(9-13)19-16-15(10-17)11(2)8-12(3)18-16/h5-9H,4H2,1-3H3. The Balaban J connectivity index is 2.40. The molecule has 96 valence electrons. The lowest BCUT2D eigenvalue weighted by Crippen LogP contribution is -1.97. The molecule has 3 heteroatoms. The number of pyridine rings is 1. The molecule has 0 saturated heterocycles. The molecule has 1 aromatic heterocycles. The predicted octanol–water partition coefficient (Wildman–Crippen LogP) is 3.92. The highest BCUT2D eigenvalue weighted by Crippen LogP contribution is 2.26. The van der Waals surface area contributed by atoms with Crippen molar-refractivity contribution < 1.29 is 4.74 Å². The largest absolute Gasteiger partial charge is 0.438 e. The average Bonchev–Trinajstić information content (AvgIpc) is 2.38. The van der Waals surface area contributed by atoms with E-state index in [1.54, 1.807) is 0 Å². The van der Waals surface area contributed by atoms with Gasteiger partial charge in [0, 0.05) is 5.69 Å². The van der Waals surface area contributed by atoms with Crippen LogP contribution in [-0.4, -0.2) is 4.98 Å². The number of ether oxygens (including phenoxy) is 1. The first-order valence-corrected chi connectivity index (χ1v) is 6.29. The van der Waals surface area contributed by atoms with Crippen LogP contribution in [0, 0.1) is 25.2 Å². The maximum Gasteiger partial charge on any atom is 0.237 e. The van der Waals surface area contributed by atoms with Gasteiger partial charge in [-0.2, -0.15) is 5.26 Å². The summed E-state index contributed by atoms with van der Waals surface area (Å²) >= 11 is 0. The summed E-state index contributed by atoms with van der Waals surface area (Å²) in [6, 6.07) is 11.9. The second-order valence-electron chi connectivity index (χ2n) is 4.48. The highest BCUT2D eigenvalue weighted by molar-refractivity contribution is 5.47. The van der Waals surface area contributed by atoms with Gasteiger partial charge in [-0.1, -0.05) is 19.1 Å². The minimum atomic E-state index is 0.383. The Hall–Kier alpha value is -2.34. The van der Waals surface area contributed by atoms with E-state index in [1.807, 2.05) is 44.2 Å². The van der Waals surface area contributed by atoms with Crippen molar-refractivity contribution in [1.82, 2.24) is 4.98 Å². The summed E-state index contributed by atoms with van der Waals surface area (Å²) in [4.78, 5) is 4.31. The molecule has 0 fully saturated rings. The molecule has 0 atom stereocenters. The van der Waals surface area contributed by atoms with E-state index >= 15 is 0 Å². The highest BCUT2D eigenvalue weighted by atomic mass is 16.5. The first kappa shape index (κ1) is 13.1. The molecule has 0 aliphatic carbocycles. The summed E-state index contributed by atoms with van der Waals surface area (Å²) in [5.74, 6) is 1.10. The van der Waals surface area contributed by atoms with Gasteiger partial charge < -0.3 is 4.74 Å². The van der Waals surface area contributed by atoms with Crippen LogP contribution in [0.2, 0.25) is 0 Å². The molecule has 0 unspecified atom stereocenters. The summed E-state index contributed by atoms with van der Waals surface area (Å²) in [5.41, 5.74) is 3.42. The molecule has 2 rings (SSSR count). The first-order chi connectivity index (χ1) is 9.13. The fraction of sp³-hybridized carbons (Fsp3) is 0.250. The smallest absolute Gasteiger partial charge is 0.237 e. The Kier molecular flexibility index (Phi) is 3.82. The number of aryl methyl sites for hydroxylation is 3. The van der Waals surface area contributed by atoms with E-state index in [4.69, 9.17) is 4.74 Å². The van der Waals surface area contributed by atoms with Crippen LogP contribution >= 0.6 is 0 Å². The van der Waals surface area contributed by atoms with Crippen molar-refractivity contribution in [1.29, 1.82) is 5.26 Å². The fourth-order valence-electron chi connectivity index (χ4n) is 1.95. The monoisotopic (exact) mass is 252 g/mol. The first-order valence-electron chi connectivity index (χ1n) is 6.29.